The molecule has 0 radical (unpaired) electrons. The van der Waals surface area contributed by atoms with Crippen molar-refractivity contribution in [2.24, 2.45) is 5.73 Å². The first-order valence-electron chi connectivity index (χ1n) is 6.93. The Labute approximate surface area is 104 Å². The second-order valence-electron chi connectivity index (χ2n) is 5.52. The molecule has 0 bridgehead atoms. The summed E-state index contributed by atoms with van der Waals surface area (Å²) in [6.07, 6.45) is 12.1. The normalized spacial score (nSPS) is 23.2. The van der Waals surface area contributed by atoms with Crippen molar-refractivity contribution in [3.63, 3.8) is 0 Å². The van der Waals surface area contributed by atoms with Crippen molar-refractivity contribution in [3.05, 3.63) is 11.6 Å². The maximum atomic E-state index is 12.0. The van der Waals surface area contributed by atoms with Crippen LogP contribution in [0.25, 0.3) is 0 Å². The average Bonchev–Trinajstić information content (AvgIpc) is 2.79. The van der Waals surface area contributed by atoms with Crippen LogP contribution in [0.3, 0.4) is 0 Å². The first kappa shape index (κ1) is 12.6. The molecule has 2 rings (SSSR count). The van der Waals surface area contributed by atoms with E-state index in [-0.39, 0.29) is 11.4 Å². The smallest absolute Gasteiger partial charge is 0.224 e. The third kappa shape index (κ3) is 3.32. The van der Waals surface area contributed by atoms with Crippen LogP contribution in [-0.4, -0.2) is 18.0 Å². The molecule has 3 nitrogen and oxygen atoms in total. The van der Waals surface area contributed by atoms with Gasteiger partial charge in [-0.25, -0.2) is 0 Å². The van der Waals surface area contributed by atoms with Crippen LogP contribution < -0.4 is 11.1 Å². The number of amides is 1. The van der Waals surface area contributed by atoms with Crippen molar-refractivity contribution in [1.29, 1.82) is 0 Å². The molecule has 1 saturated carbocycles. The van der Waals surface area contributed by atoms with E-state index >= 15 is 0 Å². The van der Waals surface area contributed by atoms with Crippen LogP contribution >= 0.6 is 0 Å². The van der Waals surface area contributed by atoms with Gasteiger partial charge < -0.3 is 11.1 Å². The highest BCUT2D eigenvalue weighted by Crippen LogP contribution is 2.29. The molecule has 0 spiro atoms. The summed E-state index contributed by atoms with van der Waals surface area (Å²) in [4.78, 5) is 12.0. The molecule has 0 heterocycles. The molecule has 1 amide bonds. The fraction of sp³-hybridized carbons (Fsp3) is 0.786. The number of nitrogens with one attached hydrogen (secondary N) is 1. The number of allylic oxidation sites excluding steroid dienone is 1. The molecule has 2 aliphatic carbocycles. The van der Waals surface area contributed by atoms with Crippen molar-refractivity contribution in [2.45, 2.75) is 63.3 Å². The SMILES string of the molecule is NCC1(NC(=O)CC2=CCCCC2)CCCC1. The zero-order valence-corrected chi connectivity index (χ0v) is 10.6. The average molecular weight is 236 g/mol. The Kier molecular flexibility index (Phi) is 4.21. The molecule has 17 heavy (non-hydrogen) atoms. The third-order valence-corrected chi connectivity index (χ3v) is 4.13. The zero-order chi connectivity index (χ0) is 12.1. The molecule has 3 heteroatoms. The lowest BCUT2D eigenvalue weighted by molar-refractivity contribution is -0.122. The highest BCUT2D eigenvalue weighted by Gasteiger charge is 2.33. The van der Waals surface area contributed by atoms with Crippen molar-refractivity contribution in [2.75, 3.05) is 6.54 Å². The molecule has 1 fully saturated rings. The lowest BCUT2D eigenvalue weighted by Crippen LogP contribution is -2.51. The maximum absolute atomic E-state index is 12.0. The summed E-state index contributed by atoms with van der Waals surface area (Å²) < 4.78 is 0. The Hall–Kier alpha value is -0.830. The van der Waals surface area contributed by atoms with Crippen molar-refractivity contribution >= 4 is 5.91 Å². The van der Waals surface area contributed by atoms with Gasteiger partial charge in [0, 0.05) is 13.0 Å². The topological polar surface area (TPSA) is 55.1 Å². The molecule has 0 saturated heterocycles. The van der Waals surface area contributed by atoms with Gasteiger partial charge >= 0.3 is 0 Å². The minimum absolute atomic E-state index is 0.0910. The Balaban J connectivity index is 1.85. The monoisotopic (exact) mass is 236 g/mol. The number of nitrogens with two attached hydrogens (primary N) is 1. The molecule has 0 aromatic carbocycles. The van der Waals surface area contributed by atoms with Gasteiger partial charge in [0.2, 0.25) is 5.91 Å². The Morgan fingerprint density at radius 2 is 2.06 bits per heavy atom. The van der Waals surface area contributed by atoms with Crippen molar-refractivity contribution in [3.8, 4) is 0 Å². The molecule has 2 aliphatic rings. The summed E-state index contributed by atoms with van der Waals surface area (Å²) >= 11 is 0. The van der Waals surface area contributed by atoms with E-state index < -0.39 is 0 Å². The fourth-order valence-electron chi connectivity index (χ4n) is 3.04. The maximum Gasteiger partial charge on any atom is 0.224 e. The summed E-state index contributed by atoms with van der Waals surface area (Å²) in [7, 11) is 0. The van der Waals surface area contributed by atoms with Gasteiger partial charge in [0.15, 0.2) is 0 Å². The lowest BCUT2D eigenvalue weighted by atomic mass is 9.94. The quantitative estimate of drug-likeness (QED) is 0.736. The Bertz CT molecular complexity index is 303. The molecular formula is C14H24N2O. The lowest BCUT2D eigenvalue weighted by Gasteiger charge is -2.29. The first-order valence-corrected chi connectivity index (χ1v) is 6.93. The van der Waals surface area contributed by atoms with Crippen LogP contribution in [0.1, 0.15) is 57.8 Å². The van der Waals surface area contributed by atoms with Gasteiger partial charge in [-0.2, -0.15) is 0 Å². The third-order valence-electron chi connectivity index (χ3n) is 4.13. The predicted octanol–water partition coefficient (Wildman–Crippen LogP) is 2.26. The van der Waals surface area contributed by atoms with Crippen LogP contribution in [-0.2, 0) is 4.79 Å². The van der Waals surface area contributed by atoms with Gasteiger partial charge in [0.25, 0.3) is 0 Å². The summed E-state index contributed by atoms with van der Waals surface area (Å²) in [6.45, 7) is 0.581. The summed E-state index contributed by atoms with van der Waals surface area (Å²) in [5.74, 6) is 0.172. The zero-order valence-electron chi connectivity index (χ0n) is 10.6. The van der Waals surface area contributed by atoms with E-state index in [0.717, 1.165) is 25.7 Å². The van der Waals surface area contributed by atoms with E-state index in [1.807, 2.05) is 0 Å². The molecule has 96 valence electrons. The summed E-state index contributed by atoms with van der Waals surface area (Å²) in [5.41, 5.74) is 7.05. The number of hydrogen-bond donors (Lipinski definition) is 2. The number of hydrogen-bond acceptors (Lipinski definition) is 2. The molecule has 0 aromatic heterocycles. The number of carbonyl (C=O) groups excluding carboxylic acids is 1. The fourth-order valence-corrected chi connectivity index (χ4v) is 3.04. The molecule has 0 aliphatic heterocycles. The molecule has 0 aromatic rings. The highest BCUT2D eigenvalue weighted by molar-refractivity contribution is 5.79. The van der Waals surface area contributed by atoms with Crippen LogP contribution in [0.2, 0.25) is 0 Å². The van der Waals surface area contributed by atoms with Crippen molar-refractivity contribution < 1.29 is 4.79 Å². The van der Waals surface area contributed by atoms with Crippen LogP contribution in [0.15, 0.2) is 11.6 Å². The number of carbonyl (C=O) groups is 1. The minimum atomic E-state index is -0.0910. The summed E-state index contributed by atoms with van der Waals surface area (Å²) in [5, 5.41) is 3.18. The van der Waals surface area contributed by atoms with Gasteiger partial charge in [0.05, 0.1) is 5.54 Å². The molecule has 3 N–H and O–H groups in total. The Morgan fingerprint density at radius 1 is 1.29 bits per heavy atom. The molecule has 0 unspecified atom stereocenters. The summed E-state index contributed by atoms with van der Waals surface area (Å²) in [6, 6.07) is 0. The van der Waals surface area contributed by atoms with Gasteiger partial charge in [-0.05, 0) is 38.5 Å². The standard InChI is InChI=1S/C14H24N2O/c15-11-14(8-4-5-9-14)16-13(17)10-12-6-2-1-3-7-12/h6H,1-5,7-11,15H2,(H,16,17). The minimum Gasteiger partial charge on any atom is -0.349 e. The van der Waals surface area contributed by atoms with E-state index in [1.165, 1.54) is 31.3 Å². The van der Waals surface area contributed by atoms with E-state index in [9.17, 15) is 4.79 Å². The largest absolute Gasteiger partial charge is 0.349 e. The van der Waals surface area contributed by atoms with E-state index in [0.29, 0.717) is 13.0 Å². The van der Waals surface area contributed by atoms with Gasteiger partial charge in [-0.3, -0.25) is 4.79 Å². The molecular weight excluding hydrogens is 212 g/mol. The van der Waals surface area contributed by atoms with Gasteiger partial charge in [0.1, 0.15) is 0 Å². The van der Waals surface area contributed by atoms with E-state index in [4.69, 9.17) is 5.73 Å². The predicted molar refractivity (Wildman–Crippen MR) is 69.6 cm³/mol. The van der Waals surface area contributed by atoms with E-state index in [2.05, 4.69) is 11.4 Å². The second-order valence-corrected chi connectivity index (χ2v) is 5.52. The first-order chi connectivity index (χ1) is 8.24. The van der Waals surface area contributed by atoms with Crippen LogP contribution in [0.4, 0.5) is 0 Å². The van der Waals surface area contributed by atoms with Gasteiger partial charge in [-0.1, -0.05) is 24.5 Å². The second kappa shape index (κ2) is 5.67. The van der Waals surface area contributed by atoms with E-state index in [1.54, 1.807) is 0 Å². The Morgan fingerprint density at radius 3 is 2.65 bits per heavy atom. The highest BCUT2D eigenvalue weighted by atomic mass is 16.1. The molecule has 0 atom stereocenters. The van der Waals surface area contributed by atoms with Crippen LogP contribution in [0, 0.1) is 0 Å². The van der Waals surface area contributed by atoms with Crippen LogP contribution in [0.5, 0.6) is 0 Å². The van der Waals surface area contributed by atoms with Crippen molar-refractivity contribution in [1.82, 2.24) is 5.32 Å². The number of rotatable bonds is 4. The van der Waals surface area contributed by atoms with Gasteiger partial charge in [-0.15, -0.1) is 0 Å².